The van der Waals surface area contributed by atoms with Crippen molar-refractivity contribution in [3.8, 4) is 0 Å². The lowest BCUT2D eigenvalue weighted by molar-refractivity contribution is 0.0522. The minimum atomic E-state index is -0.451. The quantitative estimate of drug-likeness (QED) is 0.873. The van der Waals surface area contributed by atoms with Gasteiger partial charge in [-0.3, -0.25) is 4.68 Å². The number of nitrogens with zero attached hydrogens (tertiary/aromatic N) is 2. The molecule has 2 rings (SSSR count). The Bertz CT molecular complexity index is 490. The van der Waals surface area contributed by atoms with Crippen molar-refractivity contribution in [2.75, 3.05) is 0 Å². The molecule has 21 heavy (non-hydrogen) atoms. The summed E-state index contributed by atoms with van der Waals surface area (Å²) in [7, 11) is 0. The lowest BCUT2D eigenvalue weighted by atomic mass is 10.2. The monoisotopic (exact) mass is 294 g/mol. The fourth-order valence-electron chi connectivity index (χ4n) is 2.04. The van der Waals surface area contributed by atoms with Gasteiger partial charge in [0.05, 0.1) is 6.20 Å². The van der Waals surface area contributed by atoms with Crippen LogP contribution in [0, 0.1) is 0 Å². The van der Waals surface area contributed by atoms with E-state index >= 15 is 0 Å². The van der Waals surface area contributed by atoms with E-state index in [0.717, 1.165) is 18.5 Å². The molecule has 2 unspecified atom stereocenters. The number of hydrogen-bond donors (Lipinski definition) is 2. The van der Waals surface area contributed by atoms with E-state index in [2.05, 4.69) is 35.8 Å². The van der Waals surface area contributed by atoms with Crippen LogP contribution >= 0.6 is 0 Å². The summed E-state index contributed by atoms with van der Waals surface area (Å²) in [6.07, 6.45) is 4.53. The van der Waals surface area contributed by atoms with E-state index in [1.165, 1.54) is 0 Å². The number of alkyl carbamates (subject to hydrolysis) is 1. The molecule has 1 heterocycles. The zero-order chi connectivity index (χ0) is 15.6. The molecule has 1 fully saturated rings. The van der Waals surface area contributed by atoms with Crippen LogP contribution in [0.25, 0.3) is 0 Å². The molecule has 1 aliphatic carbocycles. The van der Waals surface area contributed by atoms with Gasteiger partial charge in [0.15, 0.2) is 0 Å². The largest absolute Gasteiger partial charge is 0.444 e. The third-order valence-corrected chi connectivity index (χ3v) is 3.25. The van der Waals surface area contributed by atoms with Crippen molar-refractivity contribution >= 4 is 6.09 Å². The van der Waals surface area contributed by atoms with Gasteiger partial charge >= 0.3 is 6.09 Å². The first-order chi connectivity index (χ1) is 9.74. The Morgan fingerprint density at radius 3 is 2.76 bits per heavy atom. The Morgan fingerprint density at radius 1 is 1.48 bits per heavy atom. The summed E-state index contributed by atoms with van der Waals surface area (Å²) in [5.41, 5.74) is 0.708. The lowest BCUT2D eigenvalue weighted by Crippen LogP contribution is -2.36. The van der Waals surface area contributed by atoms with Gasteiger partial charge in [0.1, 0.15) is 5.60 Å². The maximum atomic E-state index is 11.6. The van der Waals surface area contributed by atoms with Crippen molar-refractivity contribution in [1.29, 1.82) is 0 Å². The summed E-state index contributed by atoms with van der Waals surface area (Å²) in [5, 5.41) is 10.6. The average Bonchev–Trinajstić information content (AvgIpc) is 2.87. The van der Waals surface area contributed by atoms with Crippen molar-refractivity contribution in [3.63, 3.8) is 0 Å². The molecule has 0 spiro atoms. The number of rotatable bonds is 5. The summed E-state index contributed by atoms with van der Waals surface area (Å²) in [6, 6.07) is 0.862. The minimum Gasteiger partial charge on any atom is -0.444 e. The Hall–Kier alpha value is -1.56. The van der Waals surface area contributed by atoms with Gasteiger partial charge in [0.25, 0.3) is 0 Å². The molecule has 1 saturated carbocycles. The highest BCUT2D eigenvalue weighted by Crippen LogP contribution is 2.22. The van der Waals surface area contributed by atoms with Crippen LogP contribution in [0.4, 0.5) is 4.79 Å². The number of ether oxygens (including phenoxy) is 1. The summed E-state index contributed by atoms with van der Waals surface area (Å²) in [4.78, 5) is 11.6. The van der Waals surface area contributed by atoms with Crippen LogP contribution in [0.2, 0.25) is 0 Å². The highest BCUT2D eigenvalue weighted by atomic mass is 16.6. The molecule has 1 amide bonds. The first-order valence-electron chi connectivity index (χ1n) is 7.50. The van der Waals surface area contributed by atoms with Crippen LogP contribution in [0.3, 0.4) is 0 Å². The molecular formula is C15H26N4O2. The zero-order valence-corrected chi connectivity index (χ0v) is 13.5. The van der Waals surface area contributed by atoms with Crippen LogP contribution in [-0.2, 0) is 11.3 Å². The van der Waals surface area contributed by atoms with E-state index in [4.69, 9.17) is 4.74 Å². The molecule has 2 atom stereocenters. The second kappa shape index (κ2) is 6.05. The van der Waals surface area contributed by atoms with Gasteiger partial charge in [0, 0.05) is 36.4 Å². The molecule has 1 aliphatic rings. The topological polar surface area (TPSA) is 68.2 Å². The first kappa shape index (κ1) is 15.8. The second-order valence-electron chi connectivity index (χ2n) is 6.90. The van der Waals surface area contributed by atoms with Gasteiger partial charge in [-0.2, -0.15) is 5.10 Å². The van der Waals surface area contributed by atoms with Crippen LogP contribution in [0.15, 0.2) is 12.4 Å². The Kier molecular flexibility index (Phi) is 4.56. The molecule has 1 aromatic heterocycles. The van der Waals surface area contributed by atoms with E-state index in [9.17, 15) is 4.79 Å². The lowest BCUT2D eigenvalue weighted by Gasteiger charge is -2.19. The molecule has 6 nitrogen and oxygen atoms in total. The molecule has 6 heteroatoms. The van der Waals surface area contributed by atoms with E-state index in [0.29, 0.717) is 12.1 Å². The fourth-order valence-corrected chi connectivity index (χ4v) is 2.04. The van der Waals surface area contributed by atoms with E-state index in [-0.39, 0.29) is 12.1 Å². The summed E-state index contributed by atoms with van der Waals surface area (Å²) in [5.74, 6) is 0. The normalized spacial score (nSPS) is 21.4. The molecule has 118 valence electrons. The Morgan fingerprint density at radius 2 is 2.19 bits per heavy atom. The van der Waals surface area contributed by atoms with Gasteiger partial charge in [-0.25, -0.2) is 4.79 Å². The fraction of sp³-hybridized carbons (Fsp3) is 0.733. The molecule has 1 aromatic rings. The van der Waals surface area contributed by atoms with Crippen LogP contribution < -0.4 is 10.6 Å². The predicted molar refractivity (Wildman–Crippen MR) is 81.0 cm³/mol. The maximum Gasteiger partial charge on any atom is 0.407 e. The van der Waals surface area contributed by atoms with Crippen molar-refractivity contribution in [2.45, 2.75) is 71.3 Å². The maximum absolute atomic E-state index is 11.6. The zero-order valence-electron chi connectivity index (χ0n) is 13.5. The number of aromatic nitrogens is 2. The summed E-state index contributed by atoms with van der Waals surface area (Å²) < 4.78 is 7.18. The van der Waals surface area contributed by atoms with Crippen molar-refractivity contribution < 1.29 is 9.53 Å². The van der Waals surface area contributed by atoms with Crippen LogP contribution in [0.5, 0.6) is 0 Å². The third kappa shape index (κ3) is 5.04. The van der Waals surface area contributed by atoms with Gasteiger partial charge in [0.2, 0.25) is 0 Å². The number of nitrogens with one attached hydrogen (secondary N) is 2. The summed E-state index contributed by atoms with van der Waals surface area (Å²) in [6.45, 7) is 10.6. The van der Waals surface area contributed by atoms with E-state index in [1.54, 1.807) is 0 Å². The molecule has 0 radical (unpaired) electrons. The Balaban J connectivity index is 1.68. The molecule has 2 N–H and O–H groups in total. The van der Waals surface area contributed by atoms with Crippen LogP contribution in [-0.4, -0.2) is 33.6 Å². The number of carbonyl (C=O) groups excluding carboxylic acids is 1. The highest BCUT2D eigenvalue weighted by molar-refractivity contribution is 5.68. The predicted octanol–water partition coefficient (Wildman–Crippen LogP) is 2.22. The van der Waals surface area contributed by atoms with Crippen LogP contribution in [0.1, 0.15) is 52.6 Å². The van der Waals surface area contributed by atoms with Gasteiger partial charge in [-0.05, 0) is 41.0 Å². The third-order valence-electron chi connectivity index (χ3n) is 3.25. The molecule has 0 aromatic carbocycles. The number of amides is 1. The van der Waals surface area contributed by atoms with Crippen molar-refractivity contribution in [2.24, 2.45) is 0 Å². The SMILES string of the molecule is CC(C)n1cc(CNC2CC2NC(=O)OC(C)(C)C)cn1. The standard InChI is InChI=1S/C15H26N4O2/c1-10(2)19-9-11(8-17-19)7-16-12-6-13(12)18-14(20)21-15(3,4)5/h8-10,12-13,16H,6-7H2,1-5H3,(H,18,20). The molecule has 0 saturated heterocycles. The molecule has 0 bridgehead atoms. The molecule has 0 aliphatic heterocycles. The second-order valence-corrected chi connectivity index (χ2v) is 6.90. The summed E-state index contributed by atoms with van der Waals surface area (Å²) >= 11 is 0. The Labute approximate surface area is 126 Å². The number of carbonyl (C=O) groups is 1. The smallest absolute Gasteiger partial charge is 0.407 e. The van der Waals surface area contributed by atoms with Gasteiger partial charge < -0.3 is 15.4 Å². The first-order valence-corrected chi connectivity index (χ1v) is 7.50. The van der Waals surface area contributed by atoms with Crippen molar-refractivity contribution in [3.05, 3.63) is 18.0 Å². The highest BCUT2D eigenvalue weighted by Gasteiger charge is 2.38. The van der Waals surface area contributed by atoms with Gasteiger partial charge in [-0.15, -0.1) is 0 Å². The van der Waals surface area contributed by atoms with E-state index in [1.807, 2.05) is 31.6 Å². The minimum absolute atomic E-state index is 0.167. The van der Waals surface area contributed by atoms with Crippen molar-refractivity contribution in [1.82, 2.24) is 20.4 Å². The molecular weight excluding hydrogens is 268 g/mol. The van der Waals surface area contributed by atoms with Gasteiger partial charge in [-0.1, -0.05) is 0 Å². The van der Waals surface area contributed by atoms with E-state index < -0.39 is 5.60 Å². The number of hydrogen-bond acceptors (Lipinski definition) is 4. The average molecular weight is 294 g/mol.